The molecule has 3 aromatic carbocycles. The van der Waals surface area contributed by atoms with Crippen molar-refractivity contribution in [3.63, 3.8) is 0 Å². The van der Waals surface area contributed by atoms with E-state index in [1.807, 2.05) is 31.2 Å². The maximum atomic E-state index is 11.3. The summed E-state index contributed by atoms with van der Waals surface area (Å²) in [6.07, 6.45) is 4.05. The van der Waals surface area contributed by atoms with Crippen LogP contribution in [0.5, 0.6) is 5.75 Å². The molecule has 2 aliphatic heterocycles. The van der Waals surface area contributed by atoms with E-state index in [4.69, 9.17) is 4.74 Å². The number of aryl methyl sites for hydroxylation is 1. The minimum atomic E-state index is -0.750. The number of nitro benzene ring substituents is 1. The summed E-state index contributed by atoms with van der Waals surface area (Å²) in [5.74, 6) is 0.701. The lowest BCUT2D eigenvalue weighted by molar-refractivity contribution is -0.384. The Morgan fingerprint density at radius 3 is 2.48 bits per heavy atom. The molecule has 0 radical (unpaired) electrons. The number of hydrogen-bond acceptors (Lipinski definition) is 4. The van der Waals surface area contributed by atoms with Crippen molar-refractivity contribution in [3.8, 4) is 5.75 Å². The second-order valence-electron chi connectivity index (χ2n) is 8.78. The number of benzene rings is 3. The van der Waals surface area contributed by atoms with Gasteiger partial charge in [-0.3, -0.25) is 10.1 Å². The number of ether oxygens (including phenoxy) is 1. The molecule has 5 rings (SSSR count). The molecule has 1 unspecified atom stereocenters. The number of non-ortho nitro benzene ring substituents is 1. The molecule has 31 heavy (non-hydrogen) atoms. The third-order valence-corrected chi connectivity index (χ3v) is 6.59. The molecule has 2 heterocycles. The highest BCUT2D eigenvalue weighted by Gasteiger charge is 2.58. The summed E-state index contributed by atoms with van der Waals surface area (Å²) in [6.45, 7) is 6.96. The van der Waals surface area contributed by atoms with Gasteiger partial charge in [0.2, 0.25) is 5.72 Å². The second-order valence-corrected chi connectivity index (χ2v) is 8.78. The monoisotopic (exact) mass is 412 g/mol. The van der Waals surface area contributed by atoms with Crippen LogP contribution < -0.4 is 9.64 Å². The SMILES string of the molecule is Cc1cc([N+](=O)[O-])cc2c1OC1(C=C2)N(Cc2ccccc2)c2ccccc2C1(C)C. The summed E-state index contributed by atoms with van der Waals surface area (Å²) in [7, 11) is 0. The number of para-hydroxylation sites is 1. The Bertz CT molecular complexity index is 1220. The Morgan fingerprint density at radius 1 is 1.03 bits per heavy atom. The summed E-state index contributed by atoms with van der Waals surface area (Å²) in [4.78, 5) is 13.3. The predicted molar refractivity (Wildman–Crippen MR) is 122 cm³/mol. The molecule has 0 bridgehead atoms. The van der Waals surface area contributed by atoms with Crippen molar-refractivity contribution in [2.75, 3.05) is 4.90 Å². The van der Waals surface area contributed by atoms with Gasteiger partial charge in [0, 0.05) is 29.9 Å². The summed E-state index contributed by atoms with van der Waals surface area (Å²) >= 11 is 0. The van der Waals surface area contributed by atoms with Crippen molar-refractivity contribution in [2.24, 2.45) is 0 Å². The highest BCUT2D eigenvalue weighted by Crippen LogP contribution is 2.55. The quantitative estimate of drug-likeness (QED) is 0.391. The highest BCUT2D eigenvalue weighted by atomic mass is 16.6. The number of fused-ring (bicyclic) bond motifs is 2. The Hall–Kier alpha value is -3.60. The van der Waals surface area contributed by atoms with Crippen molar-refractivity contribution in [1.29, 1.82) is 0 Å². The van der Waals surface area contributed by atoms with Crippen molar-refractivity contribution >= 4 is 17.5 Å². The van der Waals surface area contributed by atoms with Crippen LogP contribution in [0, 0.1) is 17.0 Å². The van der Waals surface area contributed by atoms with Crippen LogP contribution in [-0.2, 0) is 12.0 Å². The van der Waals surface area contributed by atoms with E-state index in [0.717, 1.165) is 16.8 Å². The van der Waals surface area contributed by atoms with Crippen molar-refractivity contribution < 1.29 is 9.66 Å². The molecule has 0 fully saturated rings. The summed E-state index contributed by atoms with van der Waals surface area (Å²) in [5.41, 5.74) is 4.04. The van der Waals surface area contributed by atoms with Crippen LogP contribution >= 0.6 is 0 Å². The molecular weight excluding hydrogens is 388 g/mol. The van der Waals surface area contributed by atoms with Gasteiger partial charge in [0.25, 0.3) is 5.69 Å². The highest BCUT2D eigenvalue weighted by molar-refractivity contribution is 5.74. The fourth-order valence-corrected chi connectivity index (χ4v) is 4.94. The third-order valence-electron chi connectivity index (χ3n) is 6.59. The fourth-order valence-electron chi connectivity index (χ4n) is 4.94. The van der Waals surface area contributed by atoms with E-state index in [2.05, 4.69) is 61.2 Å². The molecule has 0 aromatic heterocycles. The van der Waals surface area contributed by atoms with Crippen LogP contribution in [0.1, 0.15) is 36.1 Å². The standard InChI is InChI=1S/C26H24N2O3/c1-18-15-21(28(29)30)16-20-13-14-26(31-24(18)20)25(2,3)22-11-7-8-12-23(22)27(26)17-19-9-5-4-6-10-19/h4-16H,17H2,1-3H3. The lowest BCUT2D eigenvalue weighted by atomic mass is 9.76. The van der Waals surface area contributed by atoms with Crippen LogP contribution in [-0.4, -0.2) is 10.6 Å². The molecular formula is C26H24N2O3. The molecule has 3 aromatic rings. The van der Waals surface area contributed by atoms with Crippen LogP contribution in [0.2, 0.25) is 0 Å². The molecule has 156 valence electrons. The largest absolute Gasteiger partial charge is 0.462 e. The Morgan fingerprint density at radius 2 is 1.74 bits per heavy atom. The zero-order chi connectivity index (χ0) is 21.8. The van der Waals surface area contributed by atoms with Gasteiger partial charge < -0.3 is 9.64 Å². The first-order valence-corrected chi connectivity index (χ1v) is 10.4. The van der Waals surface area contributed by atoms with Crippen LogP contribution in [0.15, 0.2) is 72.8 Å². The van der Waals surface area contributed by atoms with Gasteiger partial charge >= 0.3 is 0 Å². The number of nitro groups is 1. The first kappa shape index (κ1) is 19.4. The Labute approximate surface area is 181 Å². The van der Waals surface area contributed by atoms with E-state index in [1.165, 1.54) is 11.1 Å². The number of rotatable bonds is 3. The predicted octanol–water partition coefficient (Wildman–Crippen LogP) is 6.00. The van der Waals surface area contributed by atoms with E-state index < -0.39 is 5.72 Å². The smallest absolute Gasteiger partial charge is 0.270 e. The molecule has 0 N–H and O–H groups in total. The number of anilines is 1. The molecule has 1 spiro atoms. The van der Waals surface area contributed by atoms with E-state index in [-0.39, 0.29) is 16.0 Å². The van der Waals surface area contributed by atoms with Gasteiger partial charge in [-0.25, -0.2) is 0 Å². The average Bonchev–Trinajstić information content (AvgIpc) is 2.94. The lowest BCUT2D eigenvalue weighted by Crippen LogP contribution is -2.59. The van der Waals surface area contributed by atoms with Crippen molar-refractivity contribution in [2.45, 2.75) is 38.5 Å². The van der Waals surface area contributed by atoms with Gasteiger partial charge in [0.15, 0.2) is 0 Å². The van der Waals surface area contributed by atoms with Crippen LogP contribution in [0.3, 0.4) is 0 Å². The van der Waals surface area contributed by atoms with E-state index in [0.29, 0.717) is 12.3 Å². The maximum absolute atomic E-state index is 11.3. The van der Waals surface area contributed by atoms with Gasteiger partial charge in [-0.05, 0) is 55.7 Å². The van der Waals surface area contributed by atoms with Gasteiger partial charge in [0.05, 0.1) is 10.3 Å². The molecule has 2 aliphatic rings. The molecule has 1 atom stereocenters. The first-order valence-electron chi connectivity index (χ1n) is 10.4. The lowest BCUT2D eigenvalue weighted by Gasteiger charge is -2.47. The maximum Gasteiger partial charge on any atom is 0.270 e. The van der Waals surface area contributed by atoms with Crippen molar-refractivity contribution in [1.82, 2.24) is 0 Å². The van der Waals surface area contributed by atoms with Gasteiger partial charge in [-0.1, -0.05) is 48.5 Å². The Balaban J connectivity index is 1.68. The summed E-state index contributed by atoms with van der Waals surface area (Å²) < 4.78 is 6.85. The van der Waals surface area contributed by atoms with Crippen molar-refractivity contribution in [3.05, 3.63) is 105 Å². The number of hydrogen-bond donors (Lipinski definition) is 0. The van der Waals surface area contributed by atoms with Crippen LogP contribution in [0.25, 0.3) is 6.08 Å². The molecule has 5 heteroatoms. The number of nitrogens with zero attached hydrogens (tertiary/aromatic N) is 2. The first-order chi connectivity index (χ1) is 14.8. The molecule has 0 saturated carbocycles. The minimum absolute atomic E-state index is 0.0792. The average molecular weight is 412 g/mol. The molecule has 0 amide bonds. The normalized spacial score (nSPS) is 20.3. The van der Waals surface area contributed by atoms with E-state index >= 15 is 0 Å². The summed E-state index contributed by atoms with van der Waals surface area (Å²) in [5, 5.41) is 11.3. The Kier molecular flexibility index (Phi) is 4.19. The van der Waals surface area contributed by atoms with Crippen LogP contribution in [0.4, 0.5) is 11.4 Å². The van der Waals surface area contributed by atoms with E-state index in [1.54, 1.807) is 12.1 Å². The molecule has 5 nitrogen and oxygen atoms in total. The molecule has 0 saturated heterocycles. The topological polar surface area (TPSA) is 55.6 Å². The van der Waals surface area contributed by atoms with Gasteiger partial charge in [0.1, 0.15) is 5.75 Å². The third kappa shape index (κ3) is 2.76. The van der Waals surface area contributed by atoms with Gasteiger partial charge in [-0.2, -0.15) is 0 Å². The minimum Gasteiger partial charge on any atom is -0.462 e. The zero-order valence-corrected chi connectivity index (χ0v) is 17.8. The molecule has 0 aliphatic carbocycles. The van der Waals surface area contributed by atoms with E-state index in [9.17, 15) is 10.1 Å². The second kappa shape index (κ2) is 6.71. The summed E-state index contributed by atoms with van der Waals surface area (Å²) in [6, 6.07) is 22.0. The fraction of sp³-hybridized carbons (Fsp3) is 0.231. The van der Waals surface area contributed by atoms with Gasteiger partial charge in [-0.15, -0.1) is 0 Å². The zero-order valence-electron chi connectivity index (χ0n) is 17.8.